The highest BCUT2D eigenvalue weighted by Crippen LogP contribution is 2.28. The van der Waals surface area contributed by atoms with Gasteiger partial charge in [-0.3, -0.25) is 0 Å². The van der Waals surface area contributed by atoms with Crippen LogP contribution >= 0.6 is 23.2 Å². The van der Waals surface area contributed by atoms with Crippen LogP contribution in [0, 0.1) is 5.82 Å². The fourth-order valence-corrected chi connectivity index (χ4v) is 3.74. The molecule has 0 unspecified atom stereocenters. The lowest BCUT2D eigenvalue weighted by Gasteiger charge is -2.41. The van der Waals surface area contributed by atoms with Gasteiger partial charge in [0, 0.05) is 49.7 Å². The molecule has 1 aliphatic heterocycles. The average Bonchev–Trinajstić information content (AvgIpc) is 2.68. The monoisotopic (exact) mass is 418 g/mol. The van der Waals surface area contributed by atoms with Crippen LogP contribution in [0.1, 0.15) is 6.92 Å². The van der Waals surface area contributed by atoms with E-state index >= 15 is 0 Å². The van der Waals surface area contributed by atoms with E-state index in [0.717, 1.165) is 17.9 Å². The minimum Gasteiger partial charge on any atom is -0.350 e. The minimum atomic E-state index is -0.295. The molecule has 4 rings (SSSR count). The number of benzene rings is 1. The van der Waals surface area contributed by atoms with Gasteiger partial charge in [-0.15, -0.1) is 0 Å². The highest BCUT2D eigenvalue weighted by atomic mass is 35.5. The van der Waals surface area contributed by atoms with Gasteiger partial charge in [0.1, 0.15) is 11.6 Å². The molecule has 0 saturated carbocycles. The van der Waals surface area contributed by atoms with Gasteiger partial charge in [-0.1, -0.05) is 11.6 Å². The van der Waals surface area contributed by atoms with Crippen LogP contribution in [0.3, 0.4) is 0 Å². The molecular formula is C19H17Cl2FN6. The summed E-state index contributed by atoms with van der Waals surface area (Å²) in [4.78, 5) is 21.4. The first-order chi connectivity index (χ1) is 13.5. The fourth-order valence-electron chi connectivity index (χ4n) is 3.34. The Morgan fingerprint density at radius 1 is 1.04 bits per heavy atom. The largest absolute Gasteiger partial charge is 0.350 e. The van der Waals surface area contributed by atoms with Crippen molar-refractivity contribution in [2.45, 2.75) is 13.0 Å². The first-order valence-electron chi connectivity index (χ1n) is 8.80. The van der Waals surface area contributed by atoms with E-state index in [1.54, 1.807) is 24.5 Å². The van der Waals surface area contributed by atoms with E-state index in [0.29, 0.717) is 29.8 Å². The van der Waals surface area contributed by atoms with E-state index in [2.05, 4.69) is 36.7 Å². The lowest BCUT2D eigenvalue weighted by molar-refractivity contribution is 0.542. The maximum absolute atomic E-state index is 13.2. The van der Waals surface area contributed by atoms with Crippen LogP contribution in [0.5, 0.6) is 0 Å². The van der Waals surface area contributed by atoms with Crippen LogP contribution in [-0.2, 0) is 0 Å². The van der Waals surface area contributed by atoms with Gasteiger partial charge in [-0.25, -0.2) is 24.3 Å². The zero-order chi connectivity index (χ0) is 19.7. The van der Waals surface area contributed by atoms with Gasteiger partial charge < -0.3 is 9.80 Å². The molecule has 6 nitrogen and oxygen atoms in total. The van der Waals surface area contributed by atoms with Crippen LogP contribution in [0.4, 0.5) is 16.0 Å². The fraction of sp³-hybridized carbons (Fsp3) is 0.263. The van der Waals surface area contributed by atoms with Gasteiger partial charge in [0.05, 0.1) is 5.69 Å². The van der Waals surface area contributed by atoms with Crippen molar-refractivity contribution in [1.82, 2.24) is 19.9 Å². The minimum absolute atomic E-state index is 0.138. The van der Waals surface area contributed by atoms with Crippen LogP contribution in [0.2, 0.25) is 10.4 Å². The molecular weight excluding hydrogens is 402 g/mol. The Balaban J connectivity index is 1.58. The Bertz CT molecular complexity index is 984. The van der Waals surface area contributed by atoms with Crippen molar-refractivity contribution in [3.63, 3.8) is 0 Å². The maximum Gasteiger partial charge on any atom is 0.224 e. The average molecular weight is 419 g/mol. The van der Waals surface area contributed by atoms with Crippen molar-refractivity contribution in [2.75, 3.05) is 29.4 Å². The summed E-state index contributed by atoms with van der Waals surface area (Å²) < 4.78 is 13.2. The summed E-state index contributed by atoms with van der Waals surface area (Å²) in [5.74, 6) is 1.12. The van der Waals surface area contributed by atoms with Crippen molar-refractivity contribution in [3.05, 3.63) is 59.0 Å². The molecule has 0 N–H and O–H groups in total. The molecule has 1 aromatic carbocycles. The lowest BCUT2D eigenvalue weighted by atomic mass is 10.1. The van der Waals surface area contributed by atoms with Gasteiger partial charge in [-0.05, 0) is 42.8 Å². The molecule has 0 spiro atoms. The molecule has 0 aliphatic carbocycles. The maximum atomic E-state index is 13.2. The summed E-state index contributed by atoms with van der Waals surface area (Å²) in [6.45, 7) is 4.25. The highest BCUT2D eigenvalue weighted by molar-refractivity contribution is 6.31. The Morgan fingerprint density at radius 2 is 1.79 bits per heavy atom. The number of hydrogen-bond acceptors (Lipinski definition) is 6. The molecule has 28 heavy (non-hydrogen) atoms. The molecule has 0 radical (unpaired) electrons. The second-order valence-electron chi connectivity index (χ2n) is 6.55. The predicted molar refractivity (Wildman–Crippen MR) is 108 cm³/mol. The summed E-state index contributed by atoms with van der Waals surface area (Å²) in [5, 5.41) is 0.551. The first-order valence-corrected chi connectivity index (χ1v) is 9.55. The van der Waals surface area contributed by atoms with Crippen molar-refractivity contribution in [3.8, 4) is 11.3 Å². The zero-order valence-electron chi connectivity index (χ0n) is 15.1. The number of rotatable bonds is 3. The third-order valence-electron chi connectivity index (χ3n) is 4.68. The predicted octanol–water partition coefficient (Wildman–Crippen LogP) is 4.09. The molecule has 0 amide bonds. The molecule has 1 atom stereocenters. The normalized spacial score (nSPS) is 17.1. The molecule has 9 heteroatoms. The quantitative estimate of drug-likeness (QED) is 0.596. The highest BCUT2D eigenvalue weighted by Gasteiger charge is 2.27. The molecule has 1 fully saturated rings. The SMILES string of the molecule is C[C@@H]1CN(c2nccnc2Cl)CCN1c1cc(-c2ccc(F)cc2)nc(Cl)n1. The molecule has 144 valence electrons. The van der Waals surface area contributed by atoms with E-state index in [1.807, 2.05) is 6.07 Å². The summed E-state index contributed by atoms with van der Waals surface area (Å²) in [5.41, 5.74) is 1.44. The van der Waals surface area contributed by atoms with Crippen molar-refractivity contribution >= 4 is 34.8 Å². The van der Waals surface area contributed by atoms with Crippen LogP contribution in [0.25, 0.3) is 11.3 Å². The summed E-state index contributed by atoms with van der Waals surface area (Å²) in [6, 6.07) is 8.16. The third kappa shape index (κ3) is 3.86. The Hall–Kier alpha value is -2.51. The molecule has 2 aromatic heterocycles. The van der Waals surface area contributed by atoms with Gasteiger partial charge in [0.25, 0.3) is 0 Å². The number of hydrogen-bond donors (Lipinski definition) is 0. The number of anilines is 2. The summed E-state index contributed by atoms with van der Waals surface area (Å²) in [7, 11) is 0. The Labute approximate surface area is 172 Å². The van der Waals surface area contributed by atoms with Gasteiger partial charge in [0.2, 0.25) is 5.28 Å². The van der Waals surface area contributed by atoms with Crippen molar-refractivity contribution in [2.24, 2.45) is 0 Å². The van der Waals surface area contributed by atoms with E-state index in [4.69, 9.17) is 23.2 Å². The molecule has 3 heterocycles. The Morgan fingerprint density at radius 3 is 2.50 bits per heavy atom. The van der Waals surface area contributed by atoms with Crippen LogP contribution < -0.4 is 9.80 Å². The number of halogens is 3. The third-order valence-corrected chi connectivity index (χ3v) is 5.12. The van der Waals surface area contributed by atoms with E-state index < -0.39 is 0 Å². The second kappa shape index (κ2) is 7.85. The van der Waals surface area contributed by atoms with Gasteiger partial charge in [-0.2, -0.15) is 0 Å². The van der Waals surface area contributed by atoms with Crippen LogP contribution in [0.15, 0.2) is 42.7 Å². The van der Waals surface area contributed by atoms with E-state index in [1.165, 1.54) is 12.1 Å². The topological polar surface area (TPSA) is 58.0 Å². The van der Waals surface area contributed by atoms with E-state index in [9.17, 15) is 4.39 Å². The molecule has 1 aliphatic rings. The second-order valence-corrected chi connectivity index (χ2v) is 7.24. The Kier molecular flexibility index (Phi) is 5.28. The lowest BCUT2D eigenvalue weighted by Crippen LogP contribution is -2.52. The van der Waals surface area contributed by atoms with Crippen molar-refractivity contribution in [1.29, 1.82) is 0 Å². The van der Waals surface area contributed by atoms with E-state index in [-0.39, 0.29) is 17.1 Å². The summed E-state index contributed by atoms with van der Waals surface area (Å²) in [6.07, 6.45) is 3.21. The molecule has 1 saturated heterocycles. The van der Waals surface area contributed by atoms with Gasteiger partial charge >= 0.3 is 0 Å². The standard InChI is InChI=1S/C19H17Cl2FN6/c1-12-11-27(18-17(20)23-6-7-24-18)8-9-28(12)16-10-15(25-19(21)26-16)13-2-4-14(22)5-3-13/h2-7,10,12H,8-9,11H2,1H3/t12-/m1/s1. The van der Waals surface area contributed by atoms with Gasteiger partial charge in [0.15, 0.2) is 11.0 Å². The molecule has 0 bridgehead atoms. The number of piperazine rings is 1. The summed E-state index contributed by atoms with van der Waals surface area (Å²) >= 11 is 12.4. The first kappa shape index (κ1) is 18.8. The van der Waals surface area contributed by atoms with Crippen LogP contribution in [-0.4, -0.2) is 45.6 Å². The number of nitrogens with zero attached hydrogens (tertiary/aromatic N) is 6. The smallest absolute Gasteiger partial charge is 0.224 e. The number of aromatic nitrogens is 4. The zero-order valence-corrected chi connectivity index (χ0v) is 16.6. The molecule has 3 aromatic rings. The van der Waals surface area contributed by atoms with Crippen molar-refractivity contribution < 1.29 is 4.39 Å².